The van der Waals surface area contributed by atoms with Crippen LogP contribution in [0.2, 0.25) is 5.15 Å². The molecule has 0 atom stereocenters. The van der Waals surface area contributed by atoms with Gasteiger partial charge in [0, 0.05) is 17.2 Å². The Bertz CT molecular complexity index is 2520. The number of fused-ring (bicyclic) bond motifs is 2. The van der Waals surface area contributed by atoms with E-state index in [1.807, 2.05) is 66.9 Å². The number of benzene rings is 3. The molecule has 0 amide bonds. The third-order valence-corrected chi connectivity index (χ3v) is 8.47. The van der Waals surface area contributed by atoms with E-state index in [1.54, 1.807) is 58.7 Å². The number of rotatable bonds is 11. The van der Waals surface area contributed by atoms with Crippen LogP contribution in [-0.2, 0) is 6.54 Å². The van der Waals surface area contributed by atoms with Crippen molar-refractivity contribution in [3.05, 3.63) is 96.0 Å². The molecule has 0 spiro atoms. The highest BCUT2D eigenvalue weighted by atomic mass is 35.5. The molecule has 3 aromatic carbocycles. The Labute approximate surface area is 313 Å². The maximum Gasteiger partial charge on any atom is 0.162 e. The molecule has 0 aliphatic carbocycles. The van der Waals surface area contributed by atoms with E-state index in [9.17, 15) is 0 Å². The van der Waals surface area contributed by atoms with E-state index in [0.717, 1.165) is 22.4 Å². The smallest absolute Gasteiger partial charge is 0.162 e. The summed E-state index contributed by atoms with van der Waals surface area (Å²) in [4.78, 5) is 18.2. The zero-order valence-electron chi connectivity index (χ0n) is 29.8. The van der Waals surface area contributed by atoms with Crippen LogP contribution in [0.4, 0.5) is 11.6 Å². The number of hydrogen-bond donors (Lipinski definition) is 3. The van der Waals surface area contributed by atoms with Gasteiger partial charge in [-0.1, -0.05) is 23.7 Å². The molecular formula is C37H34ClN11O5. The molecule has 0 radical (unpaired) electrons. The molecule has 5 heterocycles. The first-order chi connectivity index (χ1) is 26.4. The third-order valence-electron chi connectivity index (χ3n) is 8.21. The number of nitrogens with one attached hydrogen (secondary N) is 3. The molecule has 0 aliphatic rings. The van der Waals surface area contributed by atoms with E-state index in [1.165, 1.54) is 0 Å². The molecule has 8 rings (SSSR count). The summed E-state index contributed by atoms with van der Waals surface area (Å²) in [5.41, 5.74) is 5.29. The van der Waals surface area contributed by atoms with Gasteiger partial charge in [-0.05, 0) is 54.1 Å². The van der Waals surface area contributed by atoms with E-state index in [-0.39, 0.29) is 0 Å². The molecule has 0 saturated carbocycles. The molecule has 0 aliphatic heterocycles. The van der Waals surface area contributed by atoms with Gasteiger partial charge in [-0.25, -0.2) is 19.9 Å². The van der Waals surface area contributed by atoms with Crippen molar-refractivity contribution >= 4 is 45.3 Å². The van der Waals surface area contributed by atoms with E-state index in [2.05, 4.69) is 50.7 Å². The van der Waals surface area contributed by atoms with E-state index in [4.69, 9.17) is 35.3 Å². The first-order valence-electron chi connectivity index (χ1n) is 16.4. The maximum absolute atomic E-state index is 6.40. The minimum atomic E-state index is 0.299. The molecule has 0 fully saturated rings. The van der Waals surface area contributed by atoms with Crippen molar-refractivity contribution in [3.8, 4) is 51.5 Å². The highest BCUT2D eigenvalue weighted by molar-refractivity contribution is 6.33. The van der Waals surface area contributed by atoms with E-state index >= 15 is 0 Å². The van der Waals surface area contributed by atoms with Crippen molar-refractivity contribution in [2.75, 3.05) is 40.9 Å². The average Bonchev–Trinajstić information content (AvgIpc) is 4.00. The van der Waals surface area contributed by atoms with Gasteiger partial charge in [0.15, 0.2) is 45.6 Å². The minimum absolute atomic E-state index is 0.299. The number of halogens is 1. The van der Waals surface area contributed by atoms with Gasteiger partial charge >= 0.3 is 0 Å². The van der Waals surface area contributed by atoms with Crippen molar-refractivity contribution in [1.29, 1.82) is 0 Å². The second-order valence-corrected chi connectivity index (χ2v) is 11.9. The standard InChI is InChI=1S/C21H19ClN4O3.C16H15N7O2/c1-27-15-7-4-13(5-8-15)11-26-12-16-19(25-26)20(22)24-21(23-16)14-6-9-17(28-2)18(10-14)29-3;1-24-11-4-3-9(7-12(11)25-2)15-19-10-8-18-23-14(10)16(21-15)20-13-5-6-17-22-13/h4-10,12H,11H2,1-3H3;3-8H,1-2H3,(H,18,23)(H2,17,19,20,21,22). The summed E-state index contributed by atoms with van der Waals surface area (Å²) in [5.74, 6) is 5.64. The van der Waals surface area contributed by atoms with Crippen LogP contribution in [0.5, 0.6) is 28.7 Å². The lowest BCUT2D eigenvalue weighted by Gasteiger charge is -2.10. The minimum Gasteiger partial charge on any atom is -0.497 e. The second-order valence-electron chi connectivity index (χ2n) is 11.5. The fourth-order valence-electron chi connectivity index (χ4n) is 5.52. The number of anilines is 2. The Morgan fingerprint density at radius 2 is 1.31 bits per heavy atom. The average molecular weight is 748 g/mol. The predicted octanol–water partition coefficient (Wildman–Crippen LogP) is 6.72. The summed E-state index contributed by atoms with van der Waals surface area (Å²) in [6, 6.07) is 20.6. The quantitative estimate of drug-likeness (QED) is 0.119. The first kappa shape index (κ1) is 35.5. The Hall–Kier alpha value is -6.94. The molecule has 16 nitrogen and oxygen atoms in total. The summed E-state index contributed by atoms with van der Waals surface area (Å²) in [6.07, 6.45) is 5.17. The van der Waals surface area contributed by atoms with Crippen LogP contribution in [0.1, 0.15) is 5.56 Å². The summed E-state index contributed by atoms with van der Waals surface area (Å²) in [7, 11) is 8.01. The Morgan fingerprint density at radius 1 is 0.667 bits per heavy atom. The van der Waals surface area contributed by atoms with Gasteiger partial charge in [0.2, 0.25) is 0 Å². The number of hydrogen-bond acceptors (Lipinski definition) is 13. The zero-order valence-corrected chi connectivity index (χ0v) is 30.5. The van der Waals surface area contributed by atoms with E-state index in [0.29, 0.717) is 80.0 Å². The fourth-order valence-corrected chi connectivity index (χ4v) is 5.73. The monoisotopic (exact) mass is 747 g/mol. The Kier molecular flexibility index (Phi) is 10.3. The highest BCUT2D eigenvalue weighted by Crippen LogP contribution is 2.34. The summed E-state index contributed by atoms with van der Waals surface area (Å²) in [5, 5.41) is 21.7. The fraction of sp³-hybridized carbons (Fsp3) is 0.162. The Balaban J connectivity index is 0.000000168. The van der Waals surface area contributed by atoms with Crippen LogP contribution >= 0.6 is 11.6 Å². The molecule has 0 unspecified atom stereocenters. The second kappa shape index (κ2) is 15.7. The number of methoxy groups -OCH3 is 5. The lowest BCUT2D eigenvalue weighted by atomic mass is 10.2. The van der Waals surface area contributed by atoms with Crippen LogP contribution in [-0.4, -0.2) is 85.7 Å². The topological polar surface area (TPSA) is 185 Å². The molecule has 17 heteroatoms. The first-order valence-corrected chi connectivity index (χ1v) is 16.7. The van der Waals surface area contributed by atoms with Crippen molar-refractivity contribution in [3.63, 3.8) is 0 Å². The van der Waals surface area contributed by atoms with Gasteiger partial charge in [-0.3, -0.25) is 14.9 Å². The van der Waals surface area contributed by atoms with E-state index < -0.39 is 0 Å². The van der Waals surface area contributed by atoms with Gasteiger partial charge in [0.25, 0.3) is 0 Å². The predicted molar refractivity (Wildman–Crippen MR) is 203 cm³/mol. The van der Waals surface area contributed by atoms with Crippen LogP contribution in [0.25, 0.3) is 44.8 Å². The van der Waals surface area contributed by atoms with Crippen LogP contribution in [0.3, 0.4) is 0 Å². The molecular weight excluding hydrogens is 714 g/mol. The van der Waals surface area contributed by atoms with Crippen molar-refractivity contribution < 1.29 is 23.7 Å². The number of aromatic amines is 2. The Morgan fingerprint density at radius 3 is 1.93 bits per heavy atom. The van der Waals surface area contributed by atoms with Crippen LogP contribution in [0, 0.1) is 0 Å². The highest BCUT2D eigenvalue weighted by Gasteiger charge is 2.16. The molecule has 3 N–H and O–H groups in total. The SMILES string of the molecule is COc1ccc(-c2nc(Nc3ccn[nH]3)c3[nH]ncc3n2)cc1OC.COc1ccc(Cn2cc3nc(-c4ccc(OC)c(OC)c4)nc(Cl)c3n2)cc1. The number of aromatic nitrogens is 10. The van der Waals surface area contributed by atoms with Crippen molar-refractivity contribution in [2.24, 2.45) is 0 Å². The van der Waals surface area contributed by atoms with Gasteiger partial charge in [-0.2, -0.15) is 15.3 Å². The lowest BCUT2D eigenvalue weighted by Crippen LogP contribution is -2.00. The maximum atomic E-state index is 6.40. The lowest BCUT2D eigenvalue weighted by molar-refractivity contribution is 0.355. The molecule has 0 saturated heterocycles. The third kappa shape index (κ3) is 7.49. The van der Waals surface area contributed by atoms with Crippen LogP contribution in [0.15, 0.2) is 85.3 Å². The number of nitrogens with zero attached hydrogens (tertiary/aromatic N) is 8. The normalized spacial score (nSPS) is 10.9. The zero-order chi connectivity index (χ0) is 37.6. The largest absolute Gasteiger partial charge is 0.497 e. The van der Waals surface area contributed by atoms with Gasteiger partial charge in [0.1, 0.15) is 33.6 Å². The summed E-state index contributed by atoms with van der Waals surface area (Å²) < 4.78 is 28.3. The van der Waals surface area contributed by atoms with Crippen molar-refractivity contribution in [1.82, 2.24) is 50.1 Å². The molecule has 8 aromatic rings. The van der Waals surface area contributed by atoms with Crippen LogP contribution < -0.4 is 29.0 Å². The molecule has 0 bridgehead atoms. The molecule has 54 heavy (non-hydrogen) atoms. The van der Waals surface area contributed by atoms with Gasteiger partial charge in [0.05, 0.1) is 60.7 Å². The molecule has 274 valence electrons. The van der Waals surface area contributed by atoms with Crippen molar-refractivity contribution in [2.45, 2.75) is 6.54 Å². The van der Waals surface area contributed by atoms with Gasteiger partial charge < -0.3 is 29.0 Å². The summed E-state index contributed by atoms with van der Waals surface area (Å²) in [6.45, 7) is 0.586. The number of H-pyrrole nitrogens is 2. The van der Waals surface area contributed by atoms with Gasteiger partial charge in [-0.15, -0.1) is 0 Å². The molecule has 5 aromatic heterocycles. The number of ether oxygens (including phenoxy) is 5. The summed E-state index contributed by atoms with van der Waals surface area (Å²) >= 11 is 6.40.